The maximum Gasteiger partial charge on any atom is 0.327 e. The highest BCUT2D eigenvalue weighted by Crippen LogP contribution is 2.15. The van der Waals surface area contributed by atoms with Gasteiger partial charge in [-0.05, 0) is 15.9 Å². The molecule has 21 heavy (non-hydrogen) atoms. The van der Waals surface area contributed by atoms with Crippen molar-refractivity contribution in [3.05, 3.63) is 21.0 Å². The van der Waals surface area contributed by atoms with E-state index in [1.54, 1.807) is 0 Å². The van der Waals surface area contributed by atoms with Gasteiger partial charge in [0.1, 0.15) is 17.6 Å². The van der Waals surface area contributed by atoms with Crippen LogP contribution in [-0.2, 0) is 20.8 Å². The number of nitrogens with zero attached hydrogens (tertiary/aromatic N) is 2. The summed E-state index contributed by atoms with van der Waals surface area (Å²) in [5, 5.41) is 6.62. The Hall–Kier alpha value is -1.55. The molecule has 0 aliphatic heterocycles. The Morgan fingerprint density at radius 2 is 2.29 bits per heavy atom. The first-order valence-corrected chi connectivity index (χ1v) is 6.67. The molecule has 10 heteroatoms. The number of ether oxygens (including phenoxy) is 2. The van der Waals surface area contributed by atoms with Crippen LogP contribution in [0, 0.1) is 0 Å². The van der Waals surface area contributed by atoms with Gasteiger partial charge in [0, 0.05) is 6.54 Å². The summed E-state index contributed by atoms with van der Waals surface area (Å²) in [7, 11) is 1.21. The number of carbonyl (C=O) groups is 1. The first-order chi connectivity index (χ1) is 9.95. The standard InChI is InChI=1S/C11H14BrF2N3O4/c1-20-9(18)5-17-11(19)10(12)7(4-16-17)15-2-3-21-6-8(13)14/h4,8,15H,2-3,5-6H2,1H3. The van der Waals surface area contributed by atoms with Gasteiger partial charge in [0.25, 0.3) is 12.0 Å². The van der Waals surface area contributed by atoms with Crippen LogP contribution in [0.1, 0.15) is 0 Å². The average Bonchev–Trinajstić information content (AvgIpc) is 2.45. The number of esters is 1. The SMILES string of the molecule is COC(=O)Cn1ncc(NCCOCC(F)F)c(Br)c1=O. The zero-order chi connectivity index (χ0) is 15.8. The number of nitrogens with one attached hydrogen (secondary N) is 1. The Labute approximate surface area is 127 Å². The molecule has 0 aromatic carbocycles. The zero-order valence-corrected chi connectivity index (χ0v) is 12.7. The molecule has 1 rings (SSSR count). The fourth-order valence-corrected chi connectivity index (χ4v) is 1.77. The Morgan fingerprint density at radius 3 is 2.90 bits per heavy atom. The van der Waals surface area contributed by atoms with Gasteiger partial charge in [-0.1, -0.05) is 0 Å². The first kappa shape index (κ1) is 17.5. The van der Waals surface area contributed by atoms with Gasteiger partial charge in [-0.3, -0.25) is 9.59 Å². The molecule has 1 aromatic heterocycles. The van der Waals surface area contributed by atoms with Gasteiger partial charge in [-0.25, -0.2) is 13.5 Å². The summed E-state index contributed by atoms with van der Waals surface area (Å²) in [5.74, 6) is -0.599. The second-order valence-corrected chi connectivity index (χ2v) is 4.60. The molecule has 0 radical (unpaired) electrons. The third-order valence-corrected chi connectivity index (χ3v) is 3.06. The molecule has 1 heterocycles. The summed E-state index contributed by atoms with van der Waals surface area (Å²) in [6.07, 6.45) is -1.18. The van der Waals surface area contributed by atoms with E-state index in [-0.39, 0.29) is 24.2 Å². The van der Waals surface area contributed by atoms with Gasteiger partial charge in [0.15, 0.2) is 0 Å². The van der Waals surface area contributed by atoms with Gasteiger partial charge < -0.3 is 14.8 Å². The molecule has 0 saturated heterocycles. The van der Waals surface area contributed by atoms with Gasteiger partial charge in [-0.15, -0.1) is 0 Å². The number of carbonyl (C=O) groups excluding carboxylic acids is 1. The van der Waals surface area contributed by atoms with Gasteiger partial charge >= 0.3 is 5.97 Å². The van der Waals surface area contributed by atoms with Crippen molar-refractivity contribution in [2.45, 2.75) is 13.0 Å². The molecule has 0 amide bonds. The van der Waals surface area contributed by atoms with Gasteiger partial charge in [0.05, 0.1) is 25.6 Å². The predicted octanol–water partition coefficient (Wildman–Crippen LogP) is 0.872. The normalized spacial score (nSPS) is 10.7. The number of aromatic nitrogens is 2. The average molecular weight is 370 g/mol. The van der Waals surface area contributed by atoms with E-state index in [1.165, 1.54) is 13.3 Å². The molecule has 1 N–H and O–H groups in total. The number of rotatable bonds is 8. The van der Waals surface area contributed by atoms with Crippen LogP contribution in [0.4, 0.5) is 14.5 Å². The maximum absolute atomic E-state index is 11.9. The Morgan fingerprint density at radius 1 is 1.57 bits per heavy atom. The summed E-state index contributed by atoms with van der Waals surface area (Å²) in [5.41, 5.74) is -0.138. The fourth-order valence-electron chi connectivity index (χ4n) is 1.32. The largest absolute Gasteiger partial charge is 0.468 e. The number of alkyl halides is 2. The summed E-state index contributed by atoms with van der Waals surface area (Å²) >= 11 is 3.09. The van der Waals surface area contributed by atoms with Crippen molar-refractivity contribution in [2.24, 2.45) is 0 Å². The van der Waals surface area contributed by atoms with Crippen LogP contribution >= 0.6 is 15.9 Å². The lowest BCUT2D eigenvalue weighted by Gasteiger charge is -2.10. The third kappa shape index (κ3) is 5.76. The molecular weight excluding hydrogens is 356 g/mol. The van der Waals surface area contributed by atoms with Crippen molar-refractivity contribution in [1.29, 1.82) is 0 Å². The summed E-state index contributed by atoms with van der Waals surface area (Å²) < 4.78 is 33.9. The molecule has 0 fully saturated rings. The molecule has 0 spiro atoms. The van der Waals surface area contributed by atoms with Crippen LogP contribution in [0.25, 0.3) is 0 Å². The summed E-state index contributed by atoms with van der Waals surface area (Å²) in [6, 6.07) is 0. The quantitative estimate of drug-likeness (QED) is 0.540. The third-order valence-electron chi connectivity index (χ3n) is 2.30. The van der Waals surface area contributed by atoms with Crippen molar-refractivity contribution >= 4 is 27.6 Å². The molecule has 0 aliphatic rings. The molecule has 118 valence electrons. The Balaban J connectivity index is 2.59. The maximum atomic E-state index is 11.9. The van der Waals surface area contributed by atoms with E-state index in [0.29, 0.717) is 5.69 Å². The van der Waals surface area contributed by atoms with E-state index in [4.69, 9.17) is 0 Å². The van der Waals surface area contributed by atoms with Crippen LogP contribution < -0.4 is 10.9 Å². The van der Waals surface area contributed by atoms with E-state index in [0.717, 1.165) is 4.68 Å². The highest BCUT2D eigenvalue weighted by Gasteiger charge is 2.11. The number of anilines is 1. The number of methoxy groups -OCH3 is 1. The number of hydrogen-bond acceptors (Lipinski definition) is 6. The lowest BCUT2D eigenvalue weighted by atomic mass is 10.4. The van der Waals surface area contributed by atoms with Crippen LogP contribution in [0.15, 0.2) is 15.5 Å². The first-order valence-electron chi connectivity index (χ1n) is 5.88. The number of halogens is 3. The highest BCUT2D eigenvalue weighted by molar-refractivity contribution is 9.10. The van der Waals surface area contributed by atoms with Crippen LogP contribution in [0.5, 0.6) is 0 Å². The second-order valence-electron chi connectivity index (χ2n) is 3.80. The summed E-state index contributed by atoms with van der Waals surface area (Å²) in [4.78, 5) is 23.0. The van der Waals surface area contributed by atoms with Gasteiger partial charge in [0.2, 0.25) is 0 Å². The van der Waals surface area contributed by atoms with Crippen molar-refractivity contribution in [3.8, 4) is 0 Å². The molecular formula is C11H14BrF2N3O4. The topological polar surface area (TPSA) is 82.5 Å². The molecule has 0 atom stereocenters. The molecule has 0 bridgehead atoms. The Kier molecular flexibility index (Phi) is 7.23. The minimum absolute atomic E-state index is 0.0576. The Bertz CT molecular complexity index is 539. The molecule has 0 saturated carbocycles. The van der Waals surface area contributed by atoms with E-state index < -0.39 is 24.6 Å². The molecule has 0 unspecified atom stereocenters. The zero-order valence-electron chi connectivity index (χ0n) is 11.1. The van der Waals surface area contributed by atoms with E-state index in [2.05, 4.69) is 35.8 Å². The summed E-state index contributed by atoms with van der Waals surface area (Å²) in [6.45, 7) is -0.650. The lowest BCUT2D eigenvalue weighted by molar-refractivity contribution is -0.141. The monoisotopic (exact) mass is 369 g/mol. The fraction of sp³-hybridized carbons (Fsp3) is 0.545. The van der Waals surface area contributed by atoms with Crippen LogP contribution in [-0.4, -0.2) is 49.0 Å². The predicted molar refractivity (Wildman–Crippen MR) is 73.5 cm³/mol. The molecule has 0 aliphatic carbocycles. The van der Waals surface area contributed by atoms with Gasteiger partial charge in [-0.2, -0.15) is 5.10 Å². The highest BCUT2D eigenvalue weighted by atomic mass is 79.9. The second kappa shape index (κ2) is 8.67. The molecule has 7 nitrogen and oxygen atoms in total. The minimum atomic E-state index is -2.51. The van der Waals surface area contributed by atoms with Crippen molar-refractivity contribution in [1.82, 2.24) is 9.78 Å². The smallest absolute Gasteiger partial charge is 0.327 e. The minimum Gasteiger partial charge on any atom is -0.468 e. The lowest BCUT2D eigenvalue weighted by Crippen LogP contribution is -2.28. The van der Waals surface area contributed by atoms with Crippen molar-refractivity contribution < 1.29 is 23.0 Å². The van der Waals surface area contributed by atoms with Crippen LogP contribution in [0.3, 0.4) is 0 Å². The molecule has 1 aromatic rings. The van der Waals surface area contributed by atoms with Crippen molar-refractivity contribution in [2.75, 3.05) is 32.2 Å². The van der Waals surface area contributed by atoms with E-state index >= 15 is 0 Å². The van der Waals surface area contributed by atoms with E-state index in [9.17, 15) is 18.4 Å². The van der Waals surface area contributed by atoms with Crippen LogP contribution in [0.2, 0.25) is 0 Å². The van der Waals surface area contributed by atoms with E-state index in [1.807, 2.05) is 0 Å². The van der Waals surface area contributed by atoms with Crippen molar-refractivity contribution in [3.63, 3.8) is 0 Å². The number of hydrogen-bond donors (Lipinski definition) is 1.